The van der Waals surface area contributed by atoms with Crippen molar-refractivity contribution in [2.75, 3.05) is 11.7 Å². The van der Waals surface area contributed by atoms with Gasteiger partial charge in [-0.05, 0) is 43.7 Å². The van der Waals surface area contributed by atoms with Crippen molar-refractivity contribution in [3.05, 3.63) is 59.7 Å². The first-order valence-corrected chi connectivity index (χ1v) is 9.64. The normalized spacial score (nSPS) is 19.1. The van der Waals surface area contributed by atoms with Crippen LogP contribution in [0.15, 0.2) is 48.5 Å². The van der Waals surface area contributed by atoms with Gasteiger partial charge >= 0.3 is 5.97 Å². The summed E-state index contributed by atoms with van der Waals surface area (Å²) in [5.74, 6) is 5.00. The minimum Gasteiger partial charge on any atom is -0.461 e. The highest BCUT2D eigenvalue weighted by Crippen LogP contribution is 2.54. The first-order valence-electron chi connectivity index (χ1n) is 9.64. The Labute approximate surface area is 171 Å². The third-order valence-electron chi connectivity index (χ3n) is 5.27. The van der Waals surface area contributed by atoms with Crippen molar-refractivity contribution in [1.29, 1.82) is 0 Å². The third kappa shape index (κ3) is 4.78. The smallest absolute Gasteiger partial charge is 0.312 e. The average Bonchev–Trinajstić information content (AvgIpc) is 3.27. The zero-order valence-corrected chi connectivity index (χ0v) is 17.2. The van der Waals surface area contributed by atoms with E-state index in [0.29, 0.717) is 23.1 Å². The van der Waals surface area contributed by atoms with Crippen LogP contribution in [0.1, 0.15) is 31.9 Å². The summed E-state index contributed by atoms with van der Waals surface area (Å²) >= 11 is 0. The lowest BCUT2D eigenvalue weighted by atomic mass is 10.1. The molecule has 0 bridgehead atoms. The van der Waals surface area contributed by atoms with Gasteiger partial charge in [-0.15, -0.1) is 5.92 Å². The molecule has 0 heterocycles. The molecule has 2 atom stereocenters. The van der Waals surface area contributed by atoms with Gasteiger partial charge in [0, 0.05) is 5.41 Å². The first-order chi connectivity index (χ1) is 13.8. The number of ether oxygens (including phenoxy) is 2. The molecule has 1 aliphatic rings. The summed E-state index contributed by atoms with van der Waals surface area (Å²) in [6.07, 6.45) is -0.190. The minimum absolute atomic E-state index is 0.0858. The predicted molar refractivity (Wildman–Crippen MR) is 111 cm³/mol. The predicted octanol–water partition coefficient (Wildman–Crippen LogP) is 5.13. The number of hydrogen-bond acceptors (Lipinski definition) is 4. The number of halogens is 1. The first kappa shape index (κ1) is 20.9. The highest BCUT2D eigenvalue weighted by Gasteiger charge is 2.64. The van der Waals surface area contributed by atoms with E-state index < -0.39 is 0 Å². The number of hydrogen-bond donors (Lipinski definition) is 0. The Hall–Kier alpha value is -2.84. The molecule has 0 amide bonds. The van der Waals surface area contributed by atoms with Crippen molar-refractivity contribution in [2.45, 2.75) is 40.4 Å². The molecule has 0 saturated heterocycles. The van der Waals surface area contributed by atoms with Gasteiger partial charge in [0.2, 0.25) is 0 Å². The molecule has 0 spiro atoms. The molecule has 0 aromatic heterocycles. The molecule has 0 radical (unpaired) electrons. The Kier molecular flexibility index (Phi) is 6.24. The van der Waals surface area contributed by atoms with E-state index >= 15 is 0 Å². The molecule has 2 unspecified atom stereocenters. The van der Waals surface area contributed by atoms with Gasteiger partial charge in [0.1, 0.15) is 13.2 Å². The van der Waals surface area contributed by atoms with Crippen LogP contribution >= 0.6 is 0 Å². The Morgan fingerprint density at radius 1 is 1.17 bits per heavy atom. The lowest BCUT2D eigenvalue weighted by Crippen LogP contribution is -2.12. The van der Waals surface area contributed by atoms with Gasteiger partial charge < -0.3 is 9.47 Å². The van der Waals surface area contributed by atoms with Crippen LogP contribution in [0.3, 0.4) is 0 Å². The van der Waals surface area contributed by atoms with Crippen LogP contribution in [0.25, 0.3) is 0 Å². The van der Waals surface area contributed by atoms with Crippen molar-refractivity contribution in [1.82, 2.24) is 0 Å². The largest absolute Gasteiger partial charge is 0.461 e. The molecule has 0 N–H and O–H groups in total. The van der Waals surface area contributed by atoms with Gasteiger partial charge in [-0.2, -0.15) is 5.12 Å². The molecule has 0 aliphatic heterocycles. The van der Waals surface area contributed by atoms with Gasteiger partial charge in [0.15, 0.2) is 0 Å². The average molecular weight is 395 g/mol. The Balaban J connectivity index is 1.60. The summed E-state index contributed by atoms with van der Waals surface area (Å²) in [6, 6.07) is 14.1. The van der Waals surface area contributed by atoms with Gasteiger partial charge in [-0.1, -0.05) is 54.1 Å². The molecule has 2 aromatic rings. The third-order valence-corrected chi connectivity index (χ3v) is 5.27. The lowest BCUT2D eigenvalue weighted by molar-refractivity contribution is -0.148. The molecule has 3 rings (SSSR count). The van der Waals surface area contributed by atoms with Gasteiger partial charge in [0.25, 0.3) is 0 Å². The van der Waals surface area contributed by atoms with Crippen molar-refractivity contribution in [2.24, 2.45) is 11.3 Å². The van der Waals surface area contributed by atoms with E-state index in [1.807, 2.05) is 39.0 Å². The van der Waals surface area contributed by atoms with Crippen molar-refractivity contribution in [3.63, 3.8) is 0 Å². The topological polar surface area (TPSA) is 38.8 Å². The van der Waals surface area contributed by atoms with E-state index in [4.69, 9.17) is 9.47 Å². The molecular formula is C24H26FNO3. The SMILES string of the molecule is CC#CCOC1C(C(=O)OCc2cccc(N(F)c3ccc(C)cc3)c2)C1(C)C. The number of benzene rings is 2. The Morgan fingerprint density at radius 2 is 1.90 bits per heavy atom. The molecular weight excluding hydrogens is 369 g/mol. The number of rotatable bonds is 7. The molecule has 29 heavy (non-hydrogen) atoms. The van der Waals surface area contributed by atoms with Crippen molar-refractivity contribution < 1.29 is 18.7 Å². The van der Waals surface area contributed by atoms with E-state index in [1.54, 1.807) is 37.3 Å². The molecule has 1 saturated carbocycles. The number of carbonyl (C=O) groups is 1. The van der Waals surface area contributed by atoms with Crippen LogP contribution in [0.4, 0.5) is 15.9 Å². The number of esters is 1. The van der Waals surface area contributed by atoms with Crippen LogP contribution in [0.2, 0.25) is 0 Å². The van der Waals surface area contributed by atoms with Crippen molar-refractivity contribution >= 4 is 17.3 Å². The summed E-state index contributed by atoms with van der Waals surface area (Å²) < 4.78 is 25.9. The summed E-state index contributed by atoms with van der Waals surface area (Å²) in [5, 5.41) is 0.618. The number of anilines is 2. The summed E-state index contributed by atoms with van der Waals surface area (Å²) in [7, 11) is 0. The Bertz CT molecular complexity index is 927. The highest BCUT2D eigenvalue weighted by atomic mass is 19.2. The van der Waals surface area contributed by atoms with E-state index in [0.717, 1.165) is 11.1 Å². The monoisotopic (exact) mass is 395 g/mol. The quantitative estimate of drug-likeness (QED) is 0.370. The molecule has 2 aromatic carbocycles. The van der Waals surface area contributed by atoms with Crippen LogP contribution in [0.5, 0.6) is 0 Å². The Morgan fingerprint density at radius 3 is 2.59 bits per heavy atom. The van der Waals surface area contributed by atoms with E-state index in [-0.39, 0.29) is 30.0 Å². The second-order valence-corrected chi connectivity index (χ2v) is 7.85. The van der Waals surface area contributed by atoms with Gasteiger partial charge in [0.05, 0.1) is 23.4 Å². The van der Waals surface area contributed by atoms with Gasteiger partial charge in [-0.25, -0.2) is 0 Å². The maximum atomic E-state index is 14.7. The molecule has 4 nitrogen and oxygen atoms in total. The van der Waals surface area contributed by atoms with E-state index in [2.05, 4.69) is 11.8 Å². The zero-order valence-electron chi connectivity index (χ0n) is 17.2. The number of carbonyl (C=O) groups excluding carboxylic acids is 1. The van der Waals surface area contributed by atoms with Crippen LogP contribution < -0.4 is 5.12 Å². The molecule has 152 valence electrons. The van der Waals surface area contributed by atoms with Gasteiger partial charge in [-0.3, -0.25) is 4.79 Å². The fourth-order valence-corrected chi connectivity index (χ4v) is 3.37. The summed E-state index contributed by atoms with van der Waals surface area (Å²) in [5.41, 5.74) is 2.34. The molecule has 1 aliphatic carbocycles. The maximum absolute atomic E-state index is 14.7. The van der Waals surface area contributed by atoms with Crippen molar-refractivity contribution in [3.8, 4) is 11.8 Å². The number of aryl methyl sites for hydroxylation is 1. The molecule has 5 heteroatoms. The molecule has 1 fully saturated rings. The summed E-state index contributed by atoms with van der Waals surface area (Å²) in [4.78, 5) is 12.5. The van der Waals surface area contributed by atoms with Crippen LogP contribution in [-0.4, -0.2) is 18.7 Å². The fraction of sp³-hybridized carbons (Fsp3) is 0.375. The second kappa shape index (κ2) is 8.67. The maximum Gasteiger partial charge on any atom is 0.312 e. The van der Waals surface area contributed by atoms with E-state index in [1.165, 1.54) is 0 Å². The fourth-order valence-electron chi connectivity index (χ4n) is 3.37. The van der Waals surface area contributed by atoms with Crippen LogP contribution in [0, 0.1) is 30.1 Å². The van der Waals surface area contributed by atoms with Crippen LogP contribution in [-0.2, 0) is 20.9 Å². The van der Waals surface area contributed by atoms with E-state index in [9.17, 15) is 9.28 Å². The number of nitrogens with zero attached hydrogens (tertiary/aromatic N) is 1. The second-order valence-electron chi connectivity index (χ2n) is 7.85. The standard InChI is InChI=1S/C24H26FNO3/c1-5-6-14-28-22-21(24(22,3)4)23(27)29-16-18-8-7-9-20(15-18)26(25)19-12-10-17(2)11-13-19/h7-13,15,21-22H,14,16H2,1-4H3. The summed E-state index contributed by atoms with van der Waals surface area (Å²) in [6.45, 7) is 8.05. The highest BCUT2D eigenvalue weighted by molar-refractivity contribution is 5.78. The zero-order chi connectivity index (χ0) is 21.0. The minimum atomic E-state index is -0.311. The lowest BCUT2D eigenvalue weighted by Gasteiger charge is -2.15.